The second-order valence-electron chi connectivity index (χ2n) is 4.34. The molecule has 0 saturated carbocycles. The van der Waals surface area contributed by atoms with E-state index in [0.29, 0.717) is 6.54 Å². The summed E-state index contributed by atoms with van der Waals surface area (Å²) in [5.41, 5.74) is 1.54. The van der Waals surface area contributed by atoms with Crippen molar-refractivity contribution < 1.29 is 8.42 Å². The fraction of sp³-hybridized carbons (Fsp3) is 0.833. The van der Waals surface area contributed by atoms with Crippen LogP contribution in [0.1, 0.15) is 39.0 Å². The molecule has 0 heterocycles. The van der Waals surface area contributed by atoms with Crippen LogP contribution in [0.25, 0.3) is 0 Å². The van der Waals surface area contributed by atoms with Crippen LogP contribution in [-0.2, 0) is 9.84 Å². The number of nitrogens with one attached hydrogen (secondary N) is 1. The Morgan fingerprint density at radius 1 is 1.31 bits per heavy atom. The van der Waals surface area contributed by atoms with Crippen molar-refractivity contribution in [1.82, 2.24) is 5.32 Å². The van der Waals surface area contributed by atoms with Gasteiger partial charge in [-0.2, -0.15) is 0 Å². The minimum Gasteiger partial charge on any atom is -0.315 e. The lowest BCUT2D eigenvalue weighted by Gasteiger charge is -2.12. The lowest BCUT2D eigenvalue weighted by atomic mass is 9.97. The third-order valence-electron chi connectivity index (χ3n) is 3.04. The lowest BCUT2D eigenvalue weighted by molar-refractivity contribution is 0.590. The largest absolute Gasteiger partial charge is 0.315 e. The van der Waals surface area contributed by atoms with Gasteiger partial charge in [-0.1, -0.05) is 18.6 Å². The highest BCUT2D eigenvalue weighted by molar-refractivity contribution is 7.91. The maximum Gasteiger partial charge on any atom is 0.151 e. The molecule has 16 heavy (non-hydrogen) atoms. The van der Waals surface area contributed by atoms with Crippen molar-refractivity contribution in [3.05, 3.63) is 11.6 Å². The minimum atomic E-state index is -2.80. The highest BCUT2D eigenvalue weighted by Crippen LogP contribution is 2.19. The molecule has 1 aliphatic carbocycles. The number of hydrogen-bond donors (Lipinski definition) is 1. The van der Waals surface area contributed by atoms with Crippen LogP contribution >= 0.6 is 0 Å². The van der Waals surface area contributed by atoms with Gasteiger partial charge in [0.2, 0.25) is 0 Å². The Balaban J connectivity index is 2.06. The first kappa shape index (κ1) is 13.7. The maximum absolute atomic E-state index is 11.2. The van der Waals surface area contributed by atoms with Gasteiger partial charge in [-0.25, -0.2) is 8.42 Å². The third kappa shape index (κ3) is 5.66. The van der Waals surface area contributed by atoms with Crippen LogP contribution in [0.2, 0.25) is 0 Å². The average Bonchev–Trinajstić information content (AvgIpc) is 2.30. The Kier molecular flexibility index (Phi) is 6.06. The smallest absolute Gasteiger partial charge is 0.151 e. The van der Waals surface area contributed by atoms with Gasteiger partial charge in [0.25, 0.3) is 0 Å². The van der Waals surface area contributed by atoms with E-state index >= 15 is 0 Å². The molecule has 0 amide bonds. The molecule has 0 aliphatic heterocycles. The molecule has 0 spiro atoms. The number of rotatable bonds is 7. The first-order valence-corrected chi connectivity index (χ1v) is 8.05. The van der Waals surface area contributed by atoms with E-state index in [-0.39, 0.29) is 11.5 Å². The zero-order chi connectivity index (χ0) is 11.9. The molecule has 0 bridgehead atoms. The molecule has 1 aliphatic rings. The summed E-state index contributed by atoms with van der Waals surface area (Å²) >= 11 is 0. The van der Waals surface area contributed by atoms with Crippen molar-refractivity contribution in [2.75, 3.05) is 24.6 Å². The first-order valence-electron chi connectivity index (χ1n) is 6.23. The Morgan fingerprint density at radius 3 is 2.75 bits per heavy atom. The highest BCUT2D eigenvalue weighted by atomic mass is 32.2. The van der Waals surface area contributed by atoms with Gasteiger partial charge in [-0.15, -0.1) is 0 Å². The van der Waals surface area contributed by atoms with E-state index in [2.05, 4.69) is 11.4 Å². The Morgan fingerprint density at radius 2 is 2.12 bits per heavy atom. The van der Waals surface area contributed by atoms with Crippen LogP contribution in [0.15, 0.2) is 11.6 Å². The van der Waals surface area contributed by atoms with Crippen molar-refractivity contribution in [1.29, 1.82) is 0 Å². The molecule has 0 atom stereocenters. The average molecular weight is 245 g/mol. The van der Waals surface area contributed by atoms with Crippen LogP contribution < -0.4 is 5.32 Å². The van der Waals surface area contributed by atoms with E-state index in [1.165, 1.54) is 31.3 Å². The number of sulfone groups is 1. The second-order valence-corrected chi connectivity index (χ2v) is 6.82. The molecule has 0 aromatic carbocycles. The van der Waals surface area contributed by atoms with Gasteiger partial charge in [0, 0.05) is 12.3 Å². The predicted molar refractivity (Wildman–Crippen MR) is 68.4 cm³/mol. The molecule has 4 heteroatoms. The monoisotopic (exact) mass is 245 g/mol. The summed E-state index contributed by atoms with van der Waals surface area (Å²) in [7, 11) is -2.80. The summed E-state index contributed by atoms with van der Waals surface area (Å²) in [5, 5.41) is 3.20. The zero-order valence-corrected chi connectivity index (χ0v) is 11.0. The SMILES string of the molecule is CCS(=O)(=O)CCNCCC1=CCCCC1. The standard InChI is InChI=1S/C12H23NO2S/c1-2-16(14,15)11-10-13-9-8-12-6-4-3-5-7-12/h6,13H,2-5,7-11H2,1H3. The van der Waals surface area contributed by atoms with Gasteiger partial charge < -0.3 is 5.32 Å². The molecule has 1 rings (SSSR count). The quantitative estimate of drug-likeness (QED) is 0.550. The summed E-state index contributed by atoms with van der Waals surface area (Å²) in [6, 6.07) is 0. The van der Waals surface area contributed by atoms with Gasteiger partial charge in [0.05, 0.1) is 5.75 Å². The first-order chi connectivity index (χ1) is 7.64. The fourth-order valence-corrected chi connectivity index (χ4v) is 2.62. The van der Waals surface area contributed by atoms with E-state index < -0.39 is 9.84 Å². The van der Waals surface area contributed by atoms with Crippen molar-refractivity contribution >= 4 is 9.84 Å². The van der Waals surface area contributed by atoms with E-state index in [9.17, 15) is 8.42 Å². The van der Waals surface area contributed by atoms with Crippen molar-refractivity contribution in [2.45, 2.75) is 39.0 Å². The molecule has 3 nitrogen and oxygen atoms in total. The van der Waals surface area contributed by atoms with Gasteiger partial charge in [-0.05, 0) is 38.6 Å². The van der Waals surface area contributed by atoms with Crippen molar-refractivity contribution in [3.8, 4) is 0 Å². The van der Waals surface area contributed by atoms with Gasteiger partial charge in [0.1, 0.15) is 0 Å². The van der Waals surface area contributed by atoms with Crippen molar-refractivity contribution in [2.24, 2.45) is 0 Å². The lowest BCUT2D eigenvalue weighted by Crippen LogP contribution is -2.25. The summed E-state index contributed by atoms with van der Waals surface area (Å²) < 4.78 is 22.4. The second kappa shape index (κ2) is 7.07. The topological polar surface area (TPSA) is 46.2 Å². The summed E-state index contributed by atoms with van der Waals surface area (Å²) in [5.74, 6) is 0.516. The molecule has 0 unspecified atom stereocenters. The molecular formula is C12H23NO2S. The van der Waals surface area contributed by atoms with Gasteiger partial charge >= 0.3 is 0 Å². The Hall–Kier alpha value is -0.350. The maximum atomic E-state index is 11.2. The van der Waals surface area contributed by atoms with E-state index in [4.69, 9.17) is 0 Å². The van der Waals surface area contributed by atoms with Crippen LogP contribution in [0.3, 0.4) is 0 Å². The van der Waals surface area contributed by atoms with E-state index in [0.717, 1.165) is 13.0 Å². The Labute approximate surface area is 99.2 Å². The Bertz CT molecular complexity index is 320. The molecule has 0 saturated heterocycles. The van der Waals surface area contributed by atoms with Crippen LogP contribution in [-0.4, -0.2) is 33.0 Å². The summed E-state index contributed by atoms with van der Waals surface area (Å²) in [6.07, 6.45) is 8.51. The molecule has 1 N–H and O–H groups in total. The molecular weight excluding hydrogens is 222 g/mol. The number of allylic oxidation sites excluding steroid dienone is 1. The molecule has 0 radical (unpaired) electrons. The summed E-state index contributed by atoms with van der Waals surface area (Å²) in [6.45, 7) is 3.19. The highest BCUT2D eigenvalue weighted by Gasteiger charge is 2.06. The zero-order valence-electron chi connectivity index (χ0n) is 10.2. The van der Waals surface area contributed by atoms with Crippen LogP contribution in [0, 0.1) is 0 Å². The molecule has 0 aromatic heterocycles. The number of hydrogen-bond acceptors (Lipinski definition) is 3. The normalized spacial score (nSPS) is 17.2. The van der Waals surface area contributed by atoms with E-state index in [1.54, 1.807) is 6.92 Å². The van der Waals surface area contributed by atoms with Crippen LogP contribution in [0.4, 0.5) is 0 Å². The van der Waals surface area contributed by atoms with E-state index in [1.807, 2.05) is 0 Å². The fourth-order valence-electron chi connectivity index (χ4n) is 1.88. The predicted octanol–water partition coefficient (Wildman–Crippen LogP) is 1.90. The summed E-state index contributed by atoms with van der Waals surface area (Å²) in [4.78, 5) is 0. The van der Waals surface area contributed by atoms with Gasteiger partial charge in [0.15, 0.2) is 9.84 Å². The molecule has 0 aromatic rings. The third-order valence-corrected chi connectivity index (χ3v) is 4.74. The molecule has 94 valence electrons. The van der Waals surface area contributed by atoms with Crippen LogP contribution in [0.5, 0.6) is 0 Å². The van der Waals surface area contributed by atoms with Gasteiger partial charge in [-0.3, -0.25) is 0 Å². The molecule has 0 fully saturated rings. The van der Waals surface area contributed by atoms with Crippen molar-refractivity contribution in [3.63, 3.8) is 0 Å². The minimum absolute atomic E-state index is 0.250.